The van der Waals surface area contributed by atoms with Crippen LogP contribution in [0.4, 0.5) is 0 Å². The van der Waals surface area contributed by atoms with Gasteiger partial charge in [-0.3, -0.25) is 0 Å². The van der Waals surface area contributed by atoms with Gasteiger partial charge in [0.2, 0.25) is 0 Å². The highest BCUT2D eigenvalue weighted by Crippen LogP contribution is 2.29. The third-order valence-electron chi connectivity index (χ3n) is 2.22. The van der Waals surface area contributed by atoms with Crippen molar-refractivity contribution in [2.45, 2.75) is 16.8 Å². The van der Waals surface area contributed by atoms with Gasteiger partial charge in [-0.05, 0) is 31.2 Å². The molecular weight excluding hydrogens is 234 g/mol. The van der Waals surface area contributed by atoms with Crippen molar-refractivity contribution >= 4 is 17.7 Å². The molecule has 0 unspecified atom stereocenters. The molecule has 0 saturated carbocycles. The summed E-state index contributed by atoms with van der Waals surface area (Å²) in [6.45, 7) is 1.88. The molecule has 4 heteroatoms. The summed E-state index contributed by atoms with van der Waals surface area (Å²) in [5.74, 6) is -0.910. The Morgan fingerprint density at radius 2 is 2.12 bits per heavy atom. The van der Waals surface area contributed by atoms with Gasteiger partial charge in [0.25, 0.3) is 0 Å². The number of nitrogens with zero attached hydrogens (tertiary/aromatic N) is 1. The van der Waals surface area contributed by atoms with Gasteiger partial charge in [-0.15, -0.1) is 0 Å². The van der Waals surface area contributed by atoms with E-state index in [1.54, 1.807) is 12.3 Å². The number of pyridine rings is 1. The van der Waals surface area contributed by atoms with Gasteiger partial charge < -0.3 is 5.11 Å². The molecule has 0 bridgehead atoms. The van der Waals surface area contributed by atoms with Crippen LogP contribution in [0, 0.1) is 6.92 Å². The summed E-state index contributed by atoms with van der Waals surface area (Å²) in [5.41, 5.74) is 1.26. The number of carbonyl (C=O) groups is 1. The smallest absolute Gasteiger partial charge is 0.336 e. The molecule has 1 N–H and O–H groups in total. The summed E-state index contributed by atoms with van der Waals surface area (Å²) in [7, 11) is 0. The number of hydrogen-bond donors (Lipinski definition) is 1. The normalized spacial score (nSPS) is 10.2. The Labute approximate surface area is 104 Å². The lowest BCUT2D eigenvalue weighted by Gasteiger charge is -2.05. The zero-order chi connectivity index (χ0) is 12.3. The maximum absolute atomic E-state index is 11.1. The minimum Gasteiger partial charge on any atom is -0.478 e. The van der Waals surface area contributed by atoms with Gasteiger partial charge in [-0.2, -0.15) is 0 Å². The monoisotopic (exact) mass is 245 g/mol. The van der Waals surface area contributed by atoms with Crippen LogP contribution in [-0.2, 0) is 0 Å². The molecule has 1 aromatic carbocycles. The lowest BCUT2D eigenvalue weighted by Crippen LogP contribution is -1.99. The molecule has 0 saturated heterocycles. The first kappa shape index (κ1) is 11.7. The van der Waals surface area contributed by atoms with Crippen molar-refractivity contribution in [2.24, 2.45) is 0 Å². The summed E-state index contributed by atoms with van der Waals surface area (Å²) in [4.78, 5) is 16.0. The van der Waals surface area contributed by atoms with Crippen molar-refractivity contribution < 1.29 is 9.90 Å². The van der Waals surface area contributed by atoms with E-state index in [9.17, 15) is 4.79 Å². The standard InChI is InChI=1S/C13H11NO2S/c1-9-5-6-11(10(8-9)13(15)16)17-12-4-2-3-7-14-12/h2-8H,1H3,(H,15,16). The Morgan fingerprint density at radius 1 is 1.29 bits per heavy atom. The van der Waals surface area contributed by atoms with Gasteiger partial charge in [0, 0.05) is 11.1 Å². The van der Waals surface area contributed by atoms with Gasteiger partial charge in [-0.25, -0.2) is 9.78 Å². The molecule has 1 aromatic heterocycles. The summed E-state index contributed by atoms with van der Waals surface area (Å²) in [6.07, 6.45) is 1.69. The number of carboxylic acid groups (broad SMARTS) is 1. The number of rotatable bonds is 3. The van der Waals surface area contributed by atoms with Crippen molar-refractivity contribution in [2.75, 3.05) is 0 Å². The number of hydrogen-bond acceptors (Lipinski definition) is 3. The molecule has 0 aliphatic rings. The summed E-state index contributed by atoms with van der Waals surface area (Å²) in [6, 6.07) is 11.0. The van der Waals surface area contributed by atoms with E-state index in [0.717, 1.165) is 10.6 Å². The third kappa shape index (κ3) is 2.85. The fourth-order valence-electron chi connectivity index (χ4n) is 1.42. The molecule has 0 spiro atoms. The SMILES string of the molecule is Cc1ccc(Sc2ccccn2)c(C(=O)O)c1. The number of aromatic nitrogens is 1. The lowest BCUT2D eigenvalue weighted by atomic mass is 10.1. The van der Waals surface area contributed by atoms with Crippen LogP contribution in [0.2, 0.25) is 0 Å². The summed E-state index contributed by atoms with van der Waals surface area (Å²) >= 11 is 1.36. The largest absolute Gasteiger partial charge is 0.478 e. The quantitative estimate of drug-likeness (QED) is 0.901. The molecule has 2 rings (SSSR count). The van der Waals surface area contributed by atoms with E-state index in [1.165, 1.54) is 11.8 Å². The van der Waals surface area contributed by atoms with Crippen molar-refractivity contribution in [3.63, 3.8) is 0 Å². The van der Waals surface area contributed by atoms with E-state index >= 15 is 0 Å². The van der Waals surface area contributed by atoms with Crippen molar-refractivity contribution in [3.8, 4) is 0 Å². The van der Waals surface area contributed by atoms with Crippen LogP contribution in [-0.4, -0.2) is 16.1 Å². The molecule has 0 atom stereocenters. The molecule has 0 amide bonds. The van der Waals surface area contributed by atoms with E-state index in [0.29, 0.717) is 10.5 Å². The van der Waals surface area contributed by atoms with Crippen LogP contribution in [0.5, 0.6) is 0 Å². The summed E-state index contributed by atoms with van der Waals surface area (Å²) < 4.78 is 0. The first-order valence-corrected chi connectivity index (χ1v) is 5.91. The molecule has 3 nitrogen and oxygen atoms in total. The van der Waals surface area contributed by atoms with Crippen molar-refractivity contribution in [1.82, 2.24) is 4.98 Å². The molecule has 0 fully saturated rings. The van der Waals surface area contributed by atoms with Gasteiger partial charge >= 0.3 is 5.97 Å². The number of benzene rings is 1. The van der Waals surface area contributed by atoms with Crippen LogP contribution in [0.1, 0.15) is 15.9 Å². The lowest BCUT2D eigenvalue weighted by molar-refractivity contribution is 0.0693. The fraction of sp³-hybridized carbons (Fsp3) is 0.0769. The molecular formula is C13H11NO2S. The van der Waals surface area contributed by atoms with Crippen molar-refractivity contribution in [3.05, 3.63) is 53.7 Å². The van der Waals surface area contributed by atoms with Gasteiger partial charge in [0.15, 0.2) is 0 Å². The van der Waals surface area contributed by atoms with E-state index < -0.39 is 5.97 Å². The van der Waals surface area contributed by atoms with Gasteiger partial charge in [-0.1, -0.05) is 29.5 Å². The van der Waals surface area contributed by atoms with Crippen LogP contribution in [0.3, 0.4) is 0 Å². The van der Waals surface area contributed by atoms with E-state index in [1.807, 2.05) is 37.3 Å². The zero-order valence-electron chi connectivity index (χ0n) is 9.25. The second kappa shape index (κ2) is 5.01. The first-order valence-electron chi connectivity index (χ1n) is 5.09. The van der Waals surface area contributed by atoms with E-state index in [-0.39, 0.29) is 0 Å². The average Bonchev–Trinajstić information content (AvgIpc) is 2.32. The molecule has 0 aliphatic carbocycles. The highest BCUT2D eigenvalue weighted by atomic mass is 32.2. The number of aryl methyl sites for hydroxylation is 1. The van der Waals surface area contributed by atoms with Crippen LogP contribution in [0.15, 0.2) is 52.5 Å². The first-order chi connectivity index (χ1) is 8.16. The predicted molar refractivity (Wildman–Crippen MR) is 66.5 cm³/mol. The maximum atomic E-state index is 11.1. The predicted octanol–water partition coefficient (Wildman–Crippen LogP) is 3.24. The molecule has 0 radical (unpaired) electrons. The van der Waals surface area contributed by atoms with E-state index in [4.69, 9.17) is 5.11 Å². The fourth-order valence-corrected chi connectivity index (χ4v) is 2.30. The molecule has 2 aromatic rings. The second-order valence-electron chi connectivity index (χ2n) is 3.57. The molecule has 0 aliphatic heterocycles. The minimum absolute atomic E-state index is 0.320. The third-order valence-corrected chi connectivity index (χ3v) is 3.24. The molecule has 86 valence electrons. The average molecular weight is 245 g/mol. The van der Waals surface area contributed by atoms with Gasteiger partial charge in [0.05, 0.1) is 5.56 Å². The maximum Gasteiger partial charge on any atom is 0.336 e. The highest BCUT2D eigenvalue weighted by Gasteiger charge is 2.11. The second-order valence-corrected chi connectivity index (χ2v) is 4.64. The molecule has 1 heterocycles. The van der Waals surface area contributed by atoms with Crippen LogP contribution < -0.4 is 0 Å². The molecule has 17 heavy (non-hydrogen) atoms. The summed E-state index contributed by atoms with van der Waals surface area (Å²) in [5, 5.41) is 9.92. The minimum atomic E-state index is -0.910. The Balaban J connectivity index is 2.36. The zero-order valence-corrected chi connectivity index (χ0v) is 10.1. The van der Waals surface area contributed by atoms with E-state index in [2.05, 4.69) is 4.98 Å². The van der Waals surface area contributed by atoms with Gasteiger partial charge in [0.1, 0.15) is 5.03 Å². The van der Waals surface area contributed by atoms with Crippen LogP contribution in [0.25, 0.3) is 0 Å². The Morgan fingerprint density at radius 3 is 2.76 bits per heavy atom. The number of aromatic carboxylic acids is 1. The number of carboxylic acids is 1. The Hall–Kier alpha value is -1.81. The van der Waals surface area contributed by atoms with Crippen LogP contribution >= 0.6 is 11.8 Å². The van der Waals surface area contributed by atoms with Crippen molar-refractivity contribution in [1.29, 1.82) is 0 Å². The Kier molecular flexibility index (Phi) is 3.44. The highest BCUT2D eigenvalue weighted by molar-refractivity contribution is 7.99. The Bertz CT molecular complexity index is 540. The topological polar surface area (TPSA) is 50.2 Å².